The molecule has 0 radical (unpaired) electrons. The third-order valence-electron chi connectivity index (χ3n) is 3.54. The minimum atomic E-state index is -0.503. The second kappa shape index (κ2) is 4.98. The van der Waals surface area contributed by atoms with Crippen molar-refractivity contribution < 1.29 is 14.6 Å². The van der Waals surface area contributed by atoms with Gasteiger partial charge in [0.15, 0.2) is 6.61 Å². The molecular formula is C14H19NO3. The van der Waals surface area contributed by atoms with Crippen LogP contribution in [0, 0.1) is 0 Å². The molecule has 1 unspecified atom stereocenters. The predicted molar refractivity (Wildman–Crippen MR) is 68.4 cm³/mol. The number of likely N-dealkylation sites (tertiary alicyclic amines) is 1. The Hall–Kier alpha value is -1.55. The summed E-state index contributed by atoms with van der Waals surface area (Å²) < 4.78 is 5.44. The van der Waals surface area contributed by atoms with Crippen LogP contribution in [-0.4, -0.2) is 40.7 Å². The van der Waals surface area contributed by atoms with Gasteiger partial charge in [0.2, 0.25) is 0 Å². The van der Waals surface area contributed by atoms with E-state index in [1.165, 1.54) is 0 Å². The second-order valence-corrected chi connectivity index (χ2v) is 5.11. The molecular weight excluding hydrogens is 230 g/mol. The topological polar surface area (TPSA) is 49.8 Å². The molecule has 1 aliphatic heterocycles. The Morgan fingerprint density at radius 1 is 1.44 bits per heavy atom. The molecule has 1 N–H and O–H groups in total. The van der Waals surface area contributed by atoms with Crippen molar-refractivity contribution in [3.8, 4) is 5.75 Å². The van der Waals surface area contributed by atoms with Crippen molar-refractivity contribution in [2.75, 3.05) is 13.2 Å². The van der Waals surface area contributed by atoms with Gasteiger partial charge in [0.05, 0.1) is 11.6 Å². The van der Waals surface area contributed by atoms with Gasteiger partial charge in [-0.1, -0.05) is 18.2 Å². The Labute approximate surface area is 107 Å². The number of carbonyl (C=O) groups excluding carboxylic acids is 1. The monoisotopic (exact) mass is 249 g/mol. The molecule has 0 bridgehead atoms. The Balaban J connectivity index is 1.93. The summed E-state index contributed by atoms with van der Waals surface area (Å²) in [6.07, 6.45) is 0.169. The van der Waals surface area contributed by atoms with Gasteiger partial charge in [0.1, 0.15) is 5.75 Å². The summed E-state index contributed by atoms with van der Waals surface area (Å²) in [7, 11) is 0. The van der Waals surface area contributed by atoms with Gasteiger partial charge in [-0.25, -0.2) is 0 Å². The van der Waals surface area contributed by atoms with Crippen LogP contribution < -0.4 is 4.74 Å². The lowest BCUT2D eigenvalue weighted by atomic mass is 9.99. The van der Waals surface area contributed by atoms with Gasteiger partial charge in [0, 0.05) is 6.54 Å². The van der Waals surface area contributed by atoms with Crippen molar-refractivity contribution in [3.63, 3.8) is 0 Å². The fraction of sp³-hybridized carbons (Fsp3) is 0.500. The normalized spacial score (nSPS) is 21.9. The summed E-state index contributed by atoms with van der Waals surface area (Å²) in [5, 5.41) is 9.83. The molecule has 0 aliphatic carbocycles. The lowest BCUT2D eigenvalue weighted by Gasteiger charge is -2.33. The summed E-state index contributed by atoms with van der Waals surface area (Å²) in [5.74, 6) is 0.601. The zero-order valence-electron chi connectivity index (χ0n) is 10.8. The number of rotatable bonds is 3. The summed E-state index contributed by atoms with van der Waals surface area (Å²) >= 11 is 0. The van der Waals surface area contributed by atoms with E-state index in [-0.39, 0.29) is 12.5 Å². The predicted octanol–water partition coefficient (Wildman–Crippen LogP) is 1.44. The van der Waals surface area contributed by atoms with E-state index in [1.54, 1.807) is 4.90 Å². The molecule has 1 aliphatic rings. The first-order valence-electron chi connectivity index (χ1n) is 6.18. The van der Waals surface area contributed by atoms with E-state index in [4.69, 9.17) is 4.74 Å². The largest absolute Gasteiger partial charge is 0.484 e. The van der Waals surface area contributed by atoms with Crippen molar-refractivity contribution in [1.82, 2.24) is 4.90 Å². The highest BCUT2D eigenvalue weighted by atomic mass is 16.5. The van der Waals surface area contributed by atoms with Gasteiger partial charge < -0.3 is 14.7 Å². The molecule has 1 fully saturated rings. The third kappa shape index (κ3) is 2.48. The molecule has 0 saturated carbocycles. The standard InChI is InChI=1S/C14H19NO3/c1-14(2)12(16)8-9-15(14)13(17)10-18-11-6-4-3-5-7-11/h3-7,12,16H,8-10H2,1-2H3. The van der Waals surface area contributed by atoms with Crippen molar-refractivity contribution in [2.24, 2.45) is 0 Å². The Kier molecular flexibility index (Phi) is 3.57. The third-order valence-corrected chi connectivity index (χ3v) is 3.54. The van der Waals surface area contributed by atoms with Crippen LogP contribution in [-0.2, 0) is 4.79 Å². The SMILES string of the molecule is CC1(C)C(O)CCN1C(=O)COc1ccccc1. The first-order valence-corrected chi connectivity index (χ1v) is 6.18. The van der Waals surface area contributed by atoms with Crippen molar-refractivity contribution in [2.45, 2.75) is 31.9 Å². The van der Waals surface area contributed by atoms with E-state index >= 15 is 0 Å². The van der Waals surface area contributed by atoms with E-state index < -0.39 is 11.6 Å². The van der Waals surface area contributed by atoms with Crippen LogP contribution >= 0.6 is 0 Å². The number of amides is 1. The van der Waals surface area contributed by atoms with Crippen LogP contribution in [0.5, 0.6) is 5.75 Å². The lowest BCUT2D eigenvalue weighted by molar-refractivity contribution is -0.138. The van der Waals surface area contributed by atoms with E-state index in [2.05, 4.69) is 0 Å². The first-order chi connectivity index (χ1) is 8.51. The van der Waals surface area contributed by atoms with Gasteiger partial charge in [-0.2, -0.15) is 0 Å². The minimum absolute atomic E-state index is 0.0141. The van der Waals surface area contributed by atoms with Crippen LogP contribution in [0.15, 0.2) is 30.3 Å². The maximum absolute atomic E-state index is 12.1. The van der Waals surface area contributed by atoms with Gasteiger partial charge >= 0.3 is 0 Å². The highest BCUT2D eigenvalue weighted by molar-refractivity contribution is 5.79. The van der Waals surface area contributed by atoms with Crippen LogP contribution in [0.2, 0.25) is 0 Å². The van der Waals surface area contributed by atoms with E-state index in [0.717, 1.165) is 0 Å². The molecule has 1 atom stereocenters. The molecule has 18 heavy (non-hydrogen) atoms. The van der Waals surface area contributed by atoms with Crippen molar-refractivity contribution in [3.05, 3.63) is 30.3 Å². The highest BCUT2D eigenvalue weighted by Crippen LogP contribution is 2.28. The van der Waals surface area contributed by atoms with Gasteiger partial charge in [-0.3, -0.25) is 4.79 Å². The van der Waals surface area contributed by atoms with E-state index in [0.29, 0.717) is 18.7 Å². The smallest absolute Gasteiger partial charge is 0.261 e. The molecule has 1 heterocycles. The first kappa shape index (κ1) is 12.9. The maximum atomic E-state index is 12.1. The lowest BCUT2D eigenvalue weighted by Crippen LogP contribution is -2.49. The molecule has 1 aromatic carbocycles. The van der Waals surface area contributed by atoms with Crippen LogP contribution in [0.3, 0.4) is 0 Å². The highest BCUT2D eigenvalue weighted by Gasteiger charge is 2.42. The molecule has 4 heteroatoms. The summed E-state index contributed by atoms with van der Waals surface area (Å²) in [6.45, 7) is 4.36. The fourth-order valence-corrected chi connectivity index (χ4v) is 2.26. The molecule has 2 rings (SSSR count). The molecule has 98 valence electrons. The number of benzene rings is 1. The van der Waals surface area contributed by atoms with Crippen LogP contribution in [0.25, 0.3) is 0 Å². The second-order valence-electron chi connectivity index (χ2n) is 5.11. The van der Waals surface area contributed by atoms with Gasteiger partial charge in [-0.05, 0) is 32.4 Å². The Morgan fingerprint density at radius 3 is 2.67 bits per heavy atom. The van der Waals surface area contributed by atoms with Crippen LogP contribution in [0.4, 0.5) is 0 Å². The average molecular weight is 249 g/mol. The fourth-order valence-electron chi connectivity index (χ4n) is 2.26. The Morgan fingerprint density at radius 2 is 2.11 bits per heavy atom. The number of aliphatic hydroxyl groups excluding tert-OH is 1. The summed E-state index contributed by atoms with van der Waals surface area (Å²) in [5.41, 5.74) is -0.503. The summed E-state index contributed by atoms with van der Waals surface area (Å²) in [4.78, 5) is 13.8. The van der Waals surface area contributed by atoms with E-state index in [1.807, 2.05) is 44.2 Å². The summed E-state index contributed by atoms with van der Waals surface area (Å²) in [6, 6.07) is 9.26. The number of nitrogens with zero attached hydrogens (tertiary/aromatic N) is 1. The zero-order chi connectivity index (χ0) is 13.2. The molecule has 4 nitrogen and oxygen atoms in total. The molecule has 0 spiro atoms. The number of carbonyl (C=O) groups is 1. The number of hydrogen-bond donors (Lipinski definition) is 1. The molecule has 1 amide bonds. The number of ether oxygens (including phenoxy) is 1. The van der Waals surface area contributed by atoms with Crippen molar-refractivity contribution in [1.29, 1.82) is 0 Å². The van der Waals surface area contributed by atoms with Crippen LogP contribution in [0.1, 0.15) is 20.3 Å². The quantitative estimate of drug-likeness (QED) is 0.881. The maximum Gasteiger partial charge on any atom is 0.261 e. The number of aliphatic hydroxyl groups is 1. The van der Waals surface area contributed by atoms with Gasteiger partial charge in [0.25, 0.3) is 5.91 Å². The average Bonchev–Trinajstić information content (AvgIpc) is 2.63. The molecule has 0 aromatic heterocycles. The number of para-hydroxylation sites is 1. The molecule has 1 aromatic rings. The van der Waals surface area contributed by atoms with Crippen molar-refractivity contribution >= 4 is 5.91 Å². The van der Waals surface area contributed by atoms with E-state index in [9.17, 15) is 9.90 Å². The number of hydrogen-bond acceptors (Lipinski definition) is 3. The van der Waals surface area contributed by atoms with Gasteiger partial charge in [-0.15, -0.1) is 0 Å². The zero-order valence-corrected chi connectivity index (χ0v) is 10.8. The Bertz CT molecular complexity index is 416. The minimum Gasteiger partial charge on any atom is -0.484 e. The molecule has 1 saturated heterocycles.